The third-order valence-corrected chi connectivity index (χ3v) is 1.41. The maximum absolute atomic E-state index is 9.82. The van der Waals surface area contributed by atoms with Gasteiger partial charge in [-0.15, -0.1) is 0 Å². The van der Waals surface area contributed by atoms with Crippen molar-refractivity contribution in [1.29, 1.82) is 0 Å². The monoisotopic (exact) mass is 180 g/mol. The first kappa shape index (κ1) is 9.58. The first-order chi connectivity index (χ1) is 6.22. The van der Waals surface area contributed by atoms with Gasteiger partial charge >= 0.3 is 5.97 Å². The number of hydrogen-bond donors (Lipinski definition) is 0. The van der Waals surface area contributed by atoms with Crippen LogP contribution in [0.3, 0.4) is 0 Å². The molecule has 13 heavy (non-hydrogen) atoms. The van der Waals surface area contributed by atoms with Crippen LogP contribution in [0, 0.1) is 0 Å². The highest BCUT2D eigenvalue weighted by Crippen LogP contribution is 2.13. The minimum Gasteiger partial charge on any atom is -0.466 e. The van der Waals surface area contributed by atoms with Crippen molar-refractivity contribution in [3.05, 3.63) is 24.3 Å². The molecule has 2 aromatic heterocycles. The number of ether oxygens (including phenoxy) is 1. The van der Waals surface area contributed by atoms with E-state index in [0.717, 1.165) is 11.2 Å². The fourth-order valence-corrected chi connectivity index (χ4v) is 0.915. The normalized spacial score (nSPS) is 9.38. The lowest BCUT2D eigenvalue weighted by Gasteiger charge is -1.89. The molecule has 0 radical (unpaired) electrons. The molecule has 0 aliphatic carbocycles. The summed E-state index contributed by atoms with van der Waals surface area (Å²) in [6.07, 6.45) is 0. The zero-order valence-electron chi connectivity index (χ0n) is 7.74. The molecule has 0 unspecified atom stereocenters. The molecule has 0 aliphatic heterocycles. The van der Waals surface area contributed by atoms with E-state index in [1.54, 1.807) is 6.92 Å². The molecule has 0 aliphatic rings. The van der Waals surface area contributed by atoms with Crippen LogP contribution in [0.15, 0.2) is 28.7 Å². The summed E-state index contributed by atoms with van der Waals surface area (Å²) in [5.41, 5.74) is 1.94. The van der Waals surface area contributed by atoms with Crippen LogP contribution in [0.4, 0.5) is 0 Å². The lowest BCUT2D eigenvalue weighted by atomic mass is 10.4. The van der Waals surface area contributed by atoms with Crippen molar-refractivity contribution >= 4 is 17.1 Å². The van der Waals surface area contributed by atoms with Crippen LogP contribution in [-0.4, -0.2) is 12.6 Å². The Labute approximate surface area is 76.6 Å². The van der Waals surface area contributed by atoms with Gasteiger partial charge in [-0.3, -0.25) is 4.79 Å². The Hall–Kier alpha value is -1.51. The Bertz CT molecular complexity index is 305. The number of carbonyl (C=O) groups excluding carboxylic acids is 1. The molecule has 0 fully saturated rings. The van der Waals surface area contributed by atoms with Gasteiger partial charge in [0.2, 0.25) is 0 Å². The second kappa shape index (κ2) is 4.50. The number of esters is 1. The Morgan fingerprint density at radius 1 is 1.31 bits per heavy atom. The third-order valence-electron chi connectivity index (χ3n) is 1.41. The Kier molecular flexibility index (Phi) is 3.31. The van der Waals surface area contributed by atoms with Crippen LogP contribution in [0.2, 0.25) is 0 Å². The van der Waals surface area contributed by atoms with Crippen molar-refractivity contribution in [2.75, 3.05) is 6.61 Å². The summed E-state index contributed by atoms with van der Waals surface area (Å²) in [7, 11) is 0. The third kappa shape index (κ3) is 3.15. The first-order valence-corrected chi connectivity index (χ1v) is 4.13. The summed E-state index contributed by atoms with van der Waals surface area (Å²) in [6, 6.07) is 7.81. The quantitative estimate of drug-likeness (QED) is 0.633. The molecule has 3 nitrogen and oxygen atoms in total. The number of rotatable bonds is 1. The van der Waals surface area contributed by atoms with Gasteiger partial charge in [0.15, 0.2) is 0 Å². The fraction of sp³-hybridized carbons (Fsp3) is 0.300. The average Bonchev–Trinajstić information content (AvgIpc) is 2.66. The minimum atomic E-state index is -0.211. The van der Waals surface area contributed by atoms with E-state index in [-0.39, 0.29) is 5.97 Å². The number of furan rings is 2. The Morgan fingerprint density at radius 2 is 1.77 bits per heavy atom. The van der Waals surface area contributed by atoms with Crippen LogP contribution in [0.1, 0.15) is 13.8 Å². The van der Waals surface area contributed by atoms with Crippen molar-refractivity contribution in [2.45, 2.75) is 13.8 Å². The maximum atomic E-state index is 9.82. The Balaban J connectivity index is 0.000000133. The van der Waals surface area contributed by atoms with E-state index in [1.165, 1.54) is 6.92 Å². The van der Waals surface area contributed by atoms with E-state index in [2.05, 4.69) is 4.74 Å². The van der Waals surface area contributed by atoms with Crippen LogP contribution in [0.25, 0.3) is 11.2 Å². The largest absolute Gasteiger partial charge is 0.466 e. The standard InChI is InChI=1S/C6H4O.C4H8O2/c1-2-6-4-3-5(1)7-6;1-3-6-4(2)5/h1-4H;3H2,1-2H3. The lowest BCUT2D eigenvalue weighted by molar-refractivity contribution is -0.140. The highest BCUT2D eigenvalue weighted by molar-refractivity contribution is 5.65. The molecule has 3 heteroatoms. The molecule has 0 spiro atoms. The van der Waals surface area contributed by atoms with E-state index < -0.39 is 0 Å². The first-order valence-electron chi connectivity index (χ1n) is 4.13. The summed E-state index contributed by atoms with van der Waals surface area (Å²) in [4.78, 5) is 9.82. The van der Waals surface area contributed by atoms with Crippen molar-refractivity contribution in [3.63, 3.8) is 0 Å². The molecule has 0 saturated heterocycles. The fourth-order valence-electron chi connectivity index (χ4n) is 0.915. The molecule has 2 rings (SSSR count). The maximum Gasteiger partial charge on any atom is 0.302 e. The van der Waals surface area contributed by atoms with Gasteiger partial charge in [-0.05, 0) is 31.2 Å². The van der Waals surface area contributed by atoms with E-state index in [1.807, 2.05) is 24.3 Å². The highest BCUT2D eigenvalue weighted by atomic mass is 16.5. The summed E-state index contributed by atoms with van der Waals surface area (Å²) in [5.74, 6) is -0.211. The molecule has 0 atom stereocenters. The van der Waals surface area contributed by atoms with E-state index in [4.69, 9.17) is 4.42 Å². The van der Waals surface area contributed by atoms with Gasteiger partial charge in [-0.25, -0.2) is 0 Å². The smallest absolute Gasteiger partial charge is 0.302 e. The predicted octanol–water partition coefficient (Wildman–Crippen LogP) is 2.44. The van der Waals surface area contributed by atoms with Crippen molar-refractivity contribution < 1.29 is 13.9 Å². The van der Waals surface area contributed by atoms with Gasteiger partial charge in [0.1, 0.15) is 11.2 Å². The molecular weight excluding hydrogens is 168 g/mol. The SMILES string of the molecule is CCOC(C)=O.c1cc2ccc1o2. The number of benzene rings is 1. The summed E-state index contributed by atoms with van der Waals surface area (Å²) >= 11 is 0. The molecule has 2 aromatic rings. The molecule has 0 saturated carbocycles. The van der Waals surface area contributed by atoms with E-state index in [9.17, 15) is 4.79 Å². The second-order valence-corrected chi connectivity index (χ2v) is 2.50. The number of hydrogen-bond acceptors (Lipinski definition) is 3. The zero-order chi connectivity index (χ0) is 9.68. The molecule has 2 heterocycles. The predicted molar refractivity (Wildman–Crippen MR) is 49.7 cm³/mol. The van der Waals surface area contributed by atoms with Crippen LogP contribution in [-0.2, 0) is 9.53 Å². The number of carbonyl (C=O) groups is 1. The molecule has 0 aromatic carbocycles. The second-order valence-electron chi connectivity index (χ2n) is 2.50. The van der Waals surface area contributed by atoms with Crippen molar-refractivity contribution in [3.8, 4) is 0 Å². The molecule has 2 bridgehead atoms. The van der Waals surface area contributed by atoms with Gasteiger partial charge in [0.05, 0.1) is 6.61 Å². The average molecular weight is 180 g/mol. The summed E-state index contributed by atoms with van der Waals surface area (Å²) < 4.78 is 9.49. The van der Waals surface area contributed by atoms with Gasteiger partial charge in [0, 0.05) is 6.92 Å². The van der Waals surface area contributed by atoms with Crippen LogP contribution >= 0.6 is 0 Å². The van der Waals surface area contributed by atoms with Crippen molar-refractivity contribution in [2.24, 2.45) is 0 Å². The molecular formula is C10H12O3. The van der Waals surface area contributed by atoms with Crippen LogP contribution < -0.4 is 0 Å². The molecule has 0 amide bonds. The number of fused-ring (bicyclic) bond motifs is 2. The Morgan fingerprint density at radius 3 is 1.85 bits per heavy atom. The van der Waals surface area contributed by atoms with Crippen LogP contribution in [0.5, 0.6) is 0 Å². The summed E-state index contributed by atoms with van der Waals surface area (Å²) in [5, 5.41) is 0. The topological polar surface area (TPSA) is 39.4 Å². The summed E-state index contributed by atoms with van der Waals surface area (Å²) in [6.45, 7) is 3.65. The van der Waals surface area contributed by atoms with Crippen molar-refractivity contribution in [1.82, 2.24) is 0 Å². The van der Waals surface area contributed by atoms with Gasteiger partial charge in [-0.2, -0.15) is 0 Å². The molecule has 0 N–H and O–H groups in total. The van der Waals surface area contributed by atoms with E-state index in [0.29, 0.717) is 6.61 Å². The van der Waals surface area contributed by atoms with Gasteiger partial charge < -0.3 is 9.15 Å². The highest BCUT2D eigenvalue weighted by Gasteiger charge is 1.91. The zero-order valence-corrected chi connectivity index (χ0v) is 7.74. The van der Waals surface area contributed by atoms with Gasteiger partial charge in [0.25, 0.3) is 0 Å². The van der Waals surface area contributed by atoms with E-state index >= 15 is 0 Å². The minimum absolute atomic E-state index is 0.211. The lowest BCUT2D eigenvalue weighted by Crippen LogP contribution is -1.95. The van der Waals surface area contributed by atoms with Gasteiger partial charge in [-0.1, -0.05) is 0 Å². The molecule has 70 valence electrons.